The van der Waals surface area contributed by atoms with E-state index in [4.69, 9.17) is 0 Å². The molecule has 2 heteroatoms. The minimum Gasteiger partial charge on any atom is -0.624 e. The molecule has 0 N–H and O–H groups in total. The summed E-state index contributed by atoms with van der Waals surface area (Å²) in [5.41, 5.74) is 0. The topological polar surface area (TPSA) is 26.1 Å². The third kappa shape index (κ3) is 2.20. The molecule has 0 aromatic carbocycles. The number of hydrogen-bond donors (Lipinski definition) is 0. The molecule has 42 valence electrons. The number of rotatable bonds is 2. The maximum Gasteiger partial charge on any atom is 0.159 e. The van der Waals surface area contributed by atoms with Crippen molar-refractivity contribution in [2.24, 2.45) is 0 Å². The zero-order chi connectivity index (χ0) is 5.86. The van der Waals surface area contributed by atoms with Crippen molar-refractivity contribution in [1.29, 1.82) is 0 Å². The van der Waals surface area contributed by atoms with E-state index in [2.05, 4.69) is 6.72 Å². The van der Waals surface area contributed by atoms with Gasteiger partial charge in [-0.25, -0.2) is 4.74 Å². The van der Waals surface area contributed by atoms with Gasteiger partial charge in [0.2, 0.25) is 0 Å². The monoisotopic (exact) mass is 101 g/mol. The summed E-state index contributed by atoms with van der Waals surface area (Å²) in [6.07, 6.45) is 0.868. The summed E-state index contributed by atoms with van der Waals surface area (Å²) >= 11 is 0. The normalized spacial score (nSPS) is 13.4. The maximum absolute atomic E-state index is 10.2. The van der Waals surface area contributed by atoms with Crippen LogP contribution >= 0.6 is 0 Å². The molecule has 7 heavy (non-hydrogen) atoms. The van der Waals surface area contributed by atoms with Gasteiger partial charge in [-0.15, -0.1) is 0 Å². The van der Waals surface area contributed by atoms with Gasteiger partial charge < -0.3 is 5.21 Å². The van der Waals surface area contributed by atoms with E-state index < -0.39 is 0 Å². The van der Waals surface area contributed by atoms with Crippen LogP contribution in [-0.4, -0.2) is 17.5 Å². The Morgan fingerprint density at radius 1 is 1.86 bits per heavy atom. The molecule has 0 heterocycles. The average Bonchev–Trinajstić information content (AvgIpc) is 1.65. The summed E-state index contributed by atoms with van der Waals surface area (Å²) in [6.45, 7) is 6.99. The summed E-state index contributed by atoms with van der Waals surface area (Å²) in [5.74, 6) is 0. The Kier molecular flexibility index (Phi) is 2.41. The number of nitrogens with zero attached hydrogens (tertiary/aromatic N) is 1. The predicted octanol–water partition coefficient (Wildman–Crippen LogP) is 0.996. The van der Waals surface area contributed by atoms with E-state index >= 15 is 0 Å². The van der Waals surface area contributed by atoms with Gasteiger partial charge in [0.15, 0.2) is 6.04 Å². The van der Waals surface area contributed by atoms with Crippen LogP contribution in [0.25, 0.3) is 0 Å². The fourth-order valence-electron chi connectivity index (χ4n) is 0.204. The largest absolute Gasteiger partial charge is 0.624 e. The van der Waals surface area contributed by atoms with Crippen LogP contribution in [0.4, 0.5) is 0 Å². The quantitative estimate of drug-likeness (QED) is 0.220. The Morgan fingerprint density at radius 3 is 2.29 bits per heavy atom. The Bertz CT molecular complexity index is 70.5. The zero-order valence-electron chi connectivity index (χ0n) is 4.85. The molecule has 0 rings (SSSR count). The van der Waals surface area contributed by atoms with E-state index in [1.807, 2.05) is 13.8 Å². The zero-order valence-corrected chi connectivity index (χ0v) is 4.85. The number of hydrogen-bond acceptors (Lipinski definition) is 1. The lowest BCUT2D eigenvalue weighted by atomic mass is 10.3. The first kappa shape index (κ1) is 6.47. The molecule has 0 saturated heterocycles. The van der Waals surface area contributed by atoms with Gasteiger partial charge in [-0.3, -0.25) is 0 Å². The average molecular weight is 101 g/mol. The fraction of sp³-hybridized carbons (Fsp3) is 0.800. The second-order valence-electron chi connectivity index (χ2n) is 1.67. The van der Waals surface area contributed by atoms with Crippen molar-refractivity contribution in [3.63, 3.8) is 0 Å². The molecule has 0 aliphatic heterocycles. The summed E-state index contributed by atoms with van der Waals surface area (Å²) in [7, 11) is 0. The van der Waals surface area contributed by atoms with Crippen molar-refractivity contribution in [1.82, 2.24) is 0 Å². The first-order valence-corrected chi connectivity index (χ1v) is 2.45. The molecule has 2 nitrogen and oxygen atoms in total. The van der Waals surface area contributed by atoms with E-state index in [-0.39, 0.29) is 6.04 Å². The molecule has 0 aliphatic rings. The molecule has 0 saturated carbocycles. The fourth-order valence-corrected chi connectivity index (χ4v) is 0.204. The molecule has 0 spiro atoms. The second kappa shape index (κ2) is 2.61. The van der Waals surface area contributed by atoms with E-state index in [0.29, 0.717) is 0 Å². The van der Waals surface area contributed by atoms with Crippen molar-refractivity contribution in [2.75, 3.05) is 0 Å². The predicted molar refractivity (Wildman–Crippen MR) is 30.5 cm³/mol. The van der Waals surface area contributed by atoms with E-state index in [0.717, 1.165) is 11.2 Å². The SMILES string of the molecule is C=[N+]([O-])C(C)CC. The van der Waals surface area contributed by atoms with Crippen LogP contribution in [0, 0.1) is 5.21 Å². The van der Waals surface area contributed by atoms with Crippen LogP contribution in [0.15, 0.2) is 0 Å². The highest BCUT2D eigenvalue weighted by Crippen LogP contribution is 1.90. The molecule has 1 unspecified atom stereocenters. The van der Waals surface area contributed by atoms with Crippen LogP contribution in [0.1, 0.15) is 20.3 Å². The smallest absolute Gasteiger partial charge is 0.159 e. The van der Waals surface area contributed by atoms with Gasteiger partial charge in [0, 0.05) is 6.42 Å². The van der Waals surface area contributed by atoms with E-state index in [9.17, 15) is 5.21 Å². The lowest BCUT2D eigenvalue weighted by Crippen LogP contribution is -2.13. The van der Waals surface area contributed by atoms with Crippen LogP contribution in [0.3, 0.4) is 0 Å². The highest BCUT2D eigenvalue weighted by Gasteiger charge is 1.99. The molecular formula is C5H11NO. The Balaban J connectivity index is 3.34. The van der Waals surface area contributed by atoms with Gasteiger partial charge >= 0.3 is 0 Å². The highest BCUT2D eigenvalue weighted by molar-refractivity contribution is 5.14. The van der Waals surface area contributed by atoms with Crippen molar-refractivity contribution >= 4 is 6.72 Å². The van der Waals surface area contributed by atoms with Crippen LogP contribution in [0.5, 0.6) is 0 Å². The van der Waals surface area contributed by atoms with Crippen molar-refractivity contribution in [3.05, 3.63) is 5.21 Å². The standard InChI is InChI=1S/C5H11NO/c1-4-5(2)6(3)7/h5H,3-4H2,1-2H3. The first-order chi connectivity index (χ1) is 3.18. The molecular weight excluding hydrogens is 90.1 g/mol. The second-order valence-corrected chi connectivity index (χ2v) is 1.67. The molecule has 0 fully saturated rings. The van der Waals surface area contributed by atoms with Gasteiger partial charge in [0.25, 0.3) is 0 Å². The van der Waals surface area contributed by atoms with Gasteiger partial charge in [-0.1, -0.05) is 6.92 Å². The van der Waals surface area contributed by atoms with Crippen LogP contribution in [-0.2, 0) is 0 Å². The molecule has 0 bridgehead atoms. The minimum atomic E-state index is 0.0694. The van der Waals surface area contributed by atoms with Crippen molar-refractivity contribution in [3.8, 4) is 0 Å². The van der Waals surface area contributed by atoms with Gasteiger partial charge in [0.1, 0.15) is 6.72 Å². The van der Waals surface area contributed by atoms with Crippen molar-refractivity contribution < 1.29 is 4.74 Å². The van der Waals surface area contributed by atoms with Crippen molar-refractivity contribution in [2.45, 2.75) is 26.3 Å². The molecule has 0 radical (unpaired) electrons. The lowest BCUT2D eigenvalue weighted by molar-refractivity contribution is -0.488. The first-order valence-electron chi connectivity index (χ1n) is 2.45. The van der Waals surface area contributed by atoms with Crippen LogP contribution < -0.4 is 0 Å². The highest BCUT2D eigenvalue weighted by atomic mass is 16.5. The summed E-state index contributed by atoms with van der Waals surface area (Å²) in [4.78, 5) is 0. The Labute approximate surface area is 44.1 Å². The molecule has 0 aromatic heterocycles. The van der Waals surface area contributed by atoms with E-state index in [1.54, 1.807) is 0 Å². The molecule has 0 amide bonds. The summed E-state index contributed by atoms with van der Waals surface area (Å²) in [6, 6.07) is 0.0694. The molecule has 0 aliphatic carbocycles. The molecule has 1 atom stereocenters. The maximum atomic E-state index is 10.2. The Morgan fingerprint density at radius 2 is 2.29 bits per heavy atom. The molecule has 0 aromatic rings. The van der Waals surface area contributed by atoms with Crippen LogP contribution in [0.2, 0.25) is 0 Å². The summed E-state index contributed by atoms with van der Waals surface area (Å²) < 4.78 is 0.722. The third-order valence-electron chi connectivity index (χ3n) is 1.08. The minimum absolute atomic E-state index is 0.0694. The van der Waals surface area contributed by atoms with Gasteiger partial charge in [-0.2, -0.15) is 0 Å². The lowest BCUT2D eigenvalue weighted by Gasteiger charge is -2.06. The van der Waals surface area contributed by atoms with Gasteiger partial charge in [0.05, 0.1) is 0 Å². The third-order valence-corrected chi connectivity index (χ3v) is 1.08. The van der Waals surface area contributed by atoms with Gasteiger partial charge in [-0.05, 0) is 6.92 Å². The Hall–Kier alpha value is -0.530. The van der Waals surface area contributed by atoms with E-state index in [1.165, 1.54) is 0 Å². The number of hydroxylamine groups is 1. The summed E-state index contributed by atoms with van der Waals surface area (Å²) in [5, 5.41) is 10.2.